The van der Waals surface area contributed by atoms with Crippen molar-refractivity contribution in [3.05, 3.63) is 94.0 Å². The molecule has 0 aliphatic carbocycles. The topological polar surface area (TPSA) is 128 Å². The predicted octanol–water partition coefficient (Wildman–Crippen LogP) is 3.17. The monoisotopic (exact) mass is 413 g/mol. The van der Waals surface area contributed by atoms with Gasteiger partial charge in [-0.15, -0.1) is 0 Å². The number of H-pyrrole nitrogens is 2. The lowest BCUT2D eigenvalue weighted by Gasteiger charge is -2.14. The summed E-state index contributed by atoms with van der Waals surface area (Å²) in [5, 5.41) is 11.6. The van der Waals surface area contributed by atoms with Crippen molar-refractivity contribution in [3.63, 3.8) is 0 Å². The van der Waals surface area contributed by atoms with Crippen molar-refractivity contribution in [1.82, 2.24) is 15.3 Å². The number of benzene rings is 2. The van der Waals surface area contributed by atoms with Crippen LogP contribution in [0.15, 0.2) is 71.8 Å². The summed E-state index contributed by atoms with van der Waals surface area (Å²) < 4.78 is 0. The van der Waals surface area contributed by atoms with Crippen LogP contribution < -0.4 is 16.6 Å². The summed E-state index contributed by atoms with van der Waals surface area (Å²) in [5.74, 6) is -0.122. The Morgan fingerprint density at radius 3 is 2.45 bits per heavy atom. The van der Waals surface area contributed by atoms with Gasteiger partial charge in [-0.2, -0.15) is 0 Å². The molecule has 4 rings (SSSR count). The number of aromatic nitrogens is 2. The molecule has 1 unspecified atom stereocenters. The number of rotatable bonds is 6. The summed E-state index contributed by atoms with van der Waals surface area (Å²) in [4.78, 5) is 29.6. The minimum Gasteiger partial charge on any atom is -0.384 e. The van der Waals surface area contributed by atoms with Crippen LogP contribution in [0.5, 0.6) is 0 Å². The van der Waals surface area contributed by atoms with Gasteiger partial charge in [-0.3, -0.25) is 15.0 Å². The third-order valence-electron chi connectivity index (χ3n) is 5.22. The molecule has 2 aromatic heterocycles. The molecule has 4 aromatic rings. The maximum Gasteiger partial charge on any atom is 0.251 e. The van der Waals surface area contributed by atoms with E-state index in [2.05, 4.69) is 15.3 Å². The molecule has 0 spiro atoms. The van der Waals surface area contributed by atoms with E-state index in [-0.39, 0.29) is 23.3 Å². The number of nitrogens with two attached hydrogens (primary N) is 1. The lowest BCUT2D eigenvalue weighted by Crippen LogP contribution is -2.34. The van der Waals surface area contributed by atoms with Gasteiger partial charge >= 0.3 is 0 Å². The third-order valence-corrected chi connectivity index (χ3v) is 5.22. The van der Waals surface area contributed by atoms with Crippen LogP contribution in [0.1, 0.15) is 28.4 Å². The van der Waals surface area contributed by atoms with E-state index in [1.165, 1.54) is 6.07 Å². The highest BCUT2D eigenvalue weighted by Crippen LogP contribution is 2.21. The number of carbonyl (C=O) groups excluding carboxylic acids is 1. The summed E-state index contributed by atoms with van der Waals surface area (Å²) >= 11 is 0. The first-order valence-corrected chi connectivity index (χ1v) is 9.95. The van der Waals surface area contributed by atoms with Gasteiger partial charge in [0.2, 0.25) is 5.56 Å². The minimum atomic E-state index is -0.151. The van der Waals surface area contributed by atoms with E-state index >= 15 is 0 Å². The van der Waals surface area contributed by atoms with Gasteiger partial charge in [0, 0.05) is 46.5 Å². The molecule has 31 heavy (non-hydrogen) atoms. The second kappa shape index (κ2) is 8.31. The number of aromatic amines is 2. The molecular weight excluding hydrogens is 390 g/mol. The van der Waals surface area contributed by atoms with Gasteiger partial charge in [0.15, 0.2) is 0 Å². The number of amidine groups is 1. The van der Waals surface area contributed by atoms with E-state index in [1.807, 2.05) is 37.3 Å². The normalized spacial score (nSPS) is 11.9. The van der Waals surface area contributed by atoms with E-state index in [9.17, 15) is 9.59 Å². The van der Waals surface area contributed by atoms with Crippen molar-refractivity contribution in [2.24, 2.45) is 5.73 Å². The van der Waals surface area contributed by atoms with Gasteiger partial charge in [0.25, 0.3) is 5.91 Å². The molecule has 6 N–H and O–H groups in total. The SMILES string of the molecule is CC(Cc1ccc2[nH]cc(C(=N)N)c2c1)NC(=O)c1ccc(-c2ccc(=O)[nH]c2)cc1. The molecular formula is C24H23N5O2. The highest BCUT2D eigenvalue weighted by molar-refractivity contribution is 6.07. The largest absolute Gasteiger partial charge is 0.384 e. The van der Waals surface area contributed by atoms with Crippen molar-refractivity contribution < 1.29 is 4.79 Å². The molecule has 7 nitrogen and oxygen atoms in total. The number of fused-ring (bicyclic) bond motifs is 1. The van der Waals surface area contributed by atoms with E-state index in [4.69, 9.17) is 11.1 Å². The summed E-state index contributed by atoms with van der Waals surface area (Å²) in [6.45, 7) is 1.96. The summed E-state index contributed by atoms with van der Waals surface area (Å²) in [6, 6.07) is 16.4. The van der Waals surface area contributed by atoms with Gasteiger partial charge in [-0.05, 0) is 60.4 Å². The average molecular weight is 413 g/mol. The molecule has 0 bridgehead atoms. The van der Waals surface area contributed by atoms with E-state index < -0.39 is 0 Å². The average Bonchev–Trinajstić information content (AvgIpc) is 3.18. The fraction of sp³-hybridized carbons (Fsp3) is 0.125. The number of pyridine rings is 1. The molecule has 0 saturated heterocycles. The Hall–Kier alpha value is -4.13. The number of hydrogen-bond donors (Lipinski definition) is 5. The number of amides is 1. The van der Waals surface area contributed by atoms with Crippen LogP contribution in [-0.2, 0) is 6.42 Å². The third kappa shape index (κ3) is 4.40. The van der Waals surface area contributed by atoms with Crippen LogP contribution >= 0.6 is 0 Å². The molecule has 2 heterocycles. The first kappa shape index (κ1) is 20.2. The Kier molecular flexibility index (Phi) is 5.41. The number of nitrogens with one attached hydrogen (secondary N) is 4. The van der Waals surface area contributed by atoms with Crippen LogP contribution in [0.2, 0.25) is 0 Å². The fourth-order valence-corrected chi connectivity index (χ4v) is 3.63. The van der Waals surface area contributed by atoms with Gasteiger partial charge in [0.05, 0.1) is 0 Å². The van der Waals surface area contributed by atoms with Gasteiger partial charge in [0.1, 0.15) is 5.84 Å². The van der Waals surface area contributed by atoms with Gasteiger partial charge in [-0.25, -0.2) is 0 Å². The van der Waals surface area contributed by atoms with Gasteiger partial charge in [-0.1, -0.05) is 18.2 Å². The summed E-state index contributed by atoms with van der Waals surface area (Å²) in [5.41, 5.74) is 10.5. The zero-order chi connectivity index (χ0) is 22.0. The molecule has 0 aliphatic rings. The lowest BCUT2D eigenvalue weighted by atomic mass is 10.0. The van der Waals surface area contributed by atoms with Crippen LogP contribution in [0.3, 0.4) is 0 Å². The van der Waals surface area contributed by atoms with E-state index in [0.29, 0.717) is 17.5 Å². The smallest absolute Gasteiger partial charge is 0.251 e. The van der Waals surface area contributed by atoms with Crippen molar-refractivity contribution in [3.8, 4) is 11.1 Å². The lowest BCUT2D eigenvalue weighted by molar-refractivity contribution is 0.0940. The van der Waals surface area contributed by atoms with Gasteiger partial charge < -0.3 is 21.0 Å². The molecule has 0 fully saturated rings. The molecule has 1 amide bonds. The maximum atomic E-state index is 12.6. The van der Waals surface area contributed by atoms with Crippen molar-refractivity contribution >= 4 is 22.6 Å². The first-order valence-electron chi connectivity index (χ1n) is 9.95. The van der Waals surface area contributed by atoms with E-state index in [0.717, 1.165) is 27.6 Å². The standard InChI is InChI=1S/C24H23N5O2/c1-14(10-15-2-8-21-19(11-15)20(13-27-21)23(25)26)29-24(31)17-5-3-16(4-6-17)18-7-9-22(30)28-12-18/h2-9,11-14,27H,10H2,1H3,(H3,25,26)(H,28,30)(H,29,31). The Bertz CT molecular complexity index is 1300. The fourth-order valence-electron chi connectivity index (χ4n) is 3.63. The summed E-state index contributed by atoms with van der Waals surface area (Å²) in [6.07, 6.45) is 4.04. The van der Waals surface area contributed by atoms with Crippen molar-refractivity contribution in [2.75, 3.05) is 0 Å². The summed E-state index contributed by atoms with van der Waals surface area (Å²) in [7, 11) is 0. The zero-order valence-electron chi connectivity index (χ0n) is 17.0. The molecule has 0 saturated carbocycles. The first-order chi connectivity index (χ1) is 14.9. The van der Waals surface area contributed by atoms with Crippen LogP contribution in [-0.4, -0.2) is 27.8 Å². The molecule has 0 radical (unpaired) electrons. The zero-order valence-corrected chi connectivity index (χ0v) is 17.0. The second-order valence-electron chi connectivity index (χ2n) is 7.59. The highest BCUT2D eigenvalue weighted by atomic mass is 16.1. The van der Waals surface area contributed by atoms with Crippen LogP contribution in [0.4, 0.5) is 0 Å². The van der Waals surface area contributed by atoms with Crippen molar-refractivity contribution in [1.29, 1.82) is 5.41 Å². The minimum absolute atomic E-state index is 0.0232. The Morgan fingerprint density at radius 2 is 1.77 bits per heavy atom. The number of carbonyl (C=O) groups is 1. The number of nitrogen functional groups attached to an aromatic ring is 1. The van der Waals surface area contributed by atoms with Crippen LogP contribution in [0, 0.1) is 5.41 Å². The molecule has 7 heteroatoms. The highest BCUT2D eigenvalue weighted by Gasteiger charge is 2.12. The second-order valence-corrected chi connectivity index (χ2v) is 7.59. The molecule has 1 atom stereocenters. The van der Waals surface area contributed by atoms with Crippen LogP contribution in [0.25, 0.3) is 22.0 Å². The van der Waals surface area contributed by atoms with Crippen molar-refractivity contribution in [2.45, 2.75) is 19.4 Å². The van der Waals surface area contributed by atoms with E-state index in [1.54, 1.807) is 30.6 Å². The number of hydrogen-bond acceptors (Lipinski definition) is 3. The molecule has 2 aromatic carbocycles. The Morgan fingerprint density at radius 1 is 1.03 bits per heavy atom. The quantitative estimate of drug-likeness (QED) is 0.246. The Labute approximate surface area is 178 Å². The molecule has 0 aliphatic heterocycles. The predicted molar refractivity (Wildman–Crippen MR) is 122 cm³/mol. The Balaban J connectivity index is 1.43. The molecule has 156 valence electrons. The maximum absolute atomic E-state index is 12.6.